The van der Waals surface area contributed by atoms with E-state index in [1.807, 2.05) is 0 Å². The zero-order valence-electron chi connectivity index (χ0n) is 9.48. The lowest BCUT2D eigenvalue weighted by Gasteiger charge is -2.17. The largest absolute Gasteiger partial charge is 0.392 e. The SMILES string of the molecule is CCC(C(N)=S)S(=O)(=O)Nc1cc(Br)ccc1Br. The predicted octanol–water partition coefficient (Wildman–Crippen LogP) is 3.02. The highest BCUT2D eigenvalue weighted by Crippen LogP contribution is 2.27. The Morgan fingerprint density at radius 1 is 1.50 bits per heavy atom. The van der Waals surface area contributed by atoms with Crippen molar-refractivity contribution in [2.45, 2.75) is 18.6 Å². The number of nitrogens with two attached hydrogens (primary N) is 1. The first-order chi connectivity index (χ1) is 8.27. The van der Waals surface area contributed by atoms with Crippen LogP contribution in [0.4, 0.5) is 5.69 Å². The van der Waals surface area contributed by atoms with Crippen LogP contribution in [-0.4, -0.2) is 18.7 Å². The molecular weight excluding hydrogens is 404 g/mol. The molecule has 1 unspecified atom stereocenters. The lowest BCUT2D eigenvalue weighted by molar-refractivity contribution is 0.594. The van der Waals surface area contributed by atoms with Crippen LogP contribution in [0, 0.1) is 0 Å². The Kier molecular flexibility index (Phi) is 5.57. The van der Waals surface area contributed by atoms with Crippen LogP contribution in [0.15, 0.2) is 27.1 Å². The van der Waals surface area contributed by atoms with E-state index in [4.69, 9.17) is 18.0 Å². The number of sulfonamides is 1. The molecule has 4 nitrogen and oxygen atoms in total. The number of benzene rings is 1. The standard InChI is InChI=1S/C10H12Br2N2O2S2/c1-2-9(10(13)17)18(15,16)14-8-5-6(11)3-4-7(8)12/h3-5,9,14H,2H2,1H3,(H2,13,17). The minimum atomic E-state index is -3.63. The molecular formula is C10H12Br2N2O2S2. The van der Waals surface area contributed by atoms with Gasteiger partial charge in [0.25, 0.3) is 0 Å². The van der Waals surface area contributed by atoms with Crippen LogP contribution in [0.1, 0.15) is 13.3 Å². The van der Waals surface area contributed by atoms with Gasteiger partial charge in [0.05, 0.1) is 10.7 Å². The summed E-state index contributed by atoms with van der Waals surface area (Å²) >= 11 is 11.3. The molecule has 3 N–H and O–H groups in total. The van der Waals surface area contributed by atoms with E-state index in [-0.39, 0.29) is 4.99 Å². The molecule has 0 aliphatic carbocycles. The van der Waals surface area contributed by atoms with E-state index < -0.39 is 15.3 Å². The van der Waals surface area contributed by atoms with Crippen LogP contribution in [0.3, 0.4) is 0 Å². The highest BCUT2D eigenvalue weighted by atomic mass is 79.9. The van der Waals surface area contributed by atoms with Gasteiger partial charge < -0.3 is 5.73 Å². The summed E-state index contributed by atoms with van der Waals surface area (Å²) in [6, 6.07) is 5.20. The topological polar surface area (TPSA) is 72.2 Å². The van der Waals surface area contributed by atoms with Crippen LogP contribution in [0.25, 0.3) is 0 Å². The summed E-state index contributed by atoms with van der Waals surface area (Å²) < 4.78 is 28.1. The summed E-state index contributed by atoms with van der Waals surface area (Å²) in [5.74, 6) is 0. The Balaban J connectivity index is 3.09. The highest BCUT2D eigenvalue weighted by molar-refractivity contribution is 9.11. The number of thiocarbonyl (C=S) groups is 1. The normalized spacial score (nSPS) is 13.1. The number of hydrogen-bond acceptors (Lipinski definition) is 3. The van der Waals surface area contributed by atoms with Crippen molar-refractivity contribution in [1.82, 2.24) is 0 Å². The molecule has 18 heavy (non-hydrogen) atoms. The van der Waals surface area contributed by atoms with E-state index >= 15 is 0 Å². The molecule has 0 aromatic heterocycles. The van der Waals surface area contributed by atoms with Crippen molar-refractivity contribution in [3.05, 3.63) is 27.1 Å². The number of halogens is 2. The summed E-state index contributed by atoms with van der Waals surface area (Å²) in [7, 11) is -3.63. The Morgan fingerprint density at radius 3 is 2.61 bits per heavy atom. The van der Waals surface area contributed by atoms with Crippen molar-refractivity contribution in [3.63, 3.8) is 0 Å². The molecule has 1 rings (SSSR count). The van der Waals surface area contributed by atoms with Crippen molar-refractivity contribution in [2.24, 2.45) is 5.73 Å². The molecule has 0 heterocycles. The van der Waals surface area contributed by atoms with Gasteiger partial charge in [-0.05, 0) is 40.5 Å². The second kappa shape index (κ2) is 6.31. The number of anilines is 1. The van der Waals surface area contributed by atoms with E-state index in [1.54, 1.807) is 25.1 Å². The van der Waals surface area contributed by atoms with Gasteiger partial charge in [-0.2, -0.15) is 0 Å². The molecule has 0 amide bonds. The van der Waals surface area contributed by atoms with Crippen LogP contribution in [0.2, 0.25) is 0 Å². The quantitative estimate of drug-likeness (QED) is 0.725. The lowest BCUT2D eigenvalue weighted by atomic mass is 10.3. The molecule has 8 heteroatoms. The Hall–Kier alpha value is -0.180. The first-order valence-electron chi connectivity index (χ1n) is 5.04. The molecule has 0 fully saturated rings. The van der Waals surface area contributed by atoms with Crippen molar-refractivity contribution in [2.75, 3.05) is 4.72 Å². The predicted molar refractivity (Wildman–Crippen MR) is 85.2 cm³/mol. The van der Waals surface area contributed by atoms with Gasteiger partial charge in [0, 0.05) is 8.95 Å². The minimum Gasteiger partial charge on any atom is -0.392 e. The fraction of sp³-hybridized carbons (Fsp3) is 0.300. The minimum absolute atomic E-state index is 0.0314. The molecule has 0 bridgehead atoms. The zero-order valence-corrected chi connectivity index (χ0v) is 14.3. The highest BCUT2D eigenvalue weighted by Gasteiger charge is 2.26. The fourth-order valence-electron chi connectivity index (χ4n) is 1.37. The van der Waals surface area contributed by atoms with Crippen molar-refractivity contribution in [1.29, 1.82) is 0 Å². The molecule has 1 aromatic rings. The van der Waals surface area contributed by atoms with Crippen molar-refractivity contribution in [3.8, 4) is 0 Å². The van der Waals surface area contributed by atoms with Crippen LogP contribution in [0.5, 0.6) is 0 Å². The van der Waals surface area contributed by atoms with Crippen LogP contribution >= 0.6 is 44.1 Å². The molecule has 0 saturated carbocycles. The summed E-state index contributed by atoms with van der Waals surface area (Å²) in [4.78, 5) is -0.0314. The second-order valence-electron chi connectivity index (χ2n) is 3.57. The summed E-state index contributed by atoms with van der Waals surface area (Å²) in [5.41, 5.74) is 5.89. The fourth-order valence-corrected chi connectivity index (χ4v) is 4.12. The maximum Gasteiger partial charge on any atom is 0.242 e. The number of rotatable bonds is 5. The van der Waals surface area contributed by atoms with Gasteiger partial charge in [-0.1, -0.05) is 35.1 Å². The van der Waals surface area contributed by atoms with Gasteiger partial charge in [-0.3, -0.25) is 4.72 Å². The van der Waals surface area contributed by atoms with E-state index in [1.165, 1.54) is 0 Å². The third kappa shape index (κ3) is 3.91. The van der Waals surface area contributed by atoms with E-state index in [0.717, 1.165) is 4.47 Å². The van der Waals surface area contributed by atoms with Crippen molar-refractivity contribution >= 4 is 64.8 Å². The van der Waals surface area contributed by atoms with E-state index in [9.17, 15) is 8.42 Å². The van der Waals surface area contributed by atoms with Gasteiger partial charge in [0.1, 0.15) is 5.25 Å². The Labute approximate surface area is 129 Å². The first-order valence-corrected chi connectivity index (χ1v) is 8.58. The Bertz CT molecular complexity index is 561. The monoisotopic (exact) mass is 414 g/mol. The molecule has 1 atom stereocenters. The molecule has 0 aliphatic heterocycles. The Morgan fingerprint density at radius 2 is 2.11 bits per heavy atom. The summed E-state index contributed by atoms with van der Waals surface area (Å²) in [5, 5.41) is -0.876. The van der Waals surface area contributed by atoms with Gasteiger partial charge in [-0.25, -0.2) is 8.42 Å². The van der Waals surface area contributed by atoms with E-state index in [0.29, 0.717) is 16.6 Å². The average Bonchev–Trinajstić information content (AvgIpc) is 2.22. The lowest BCUT2D eigenvalue weighted by Crippen LogP contribution is -2.37. The first kappa shape index (κ1) is 15.9. The second-order valence-corrected chi connectivity index (χ2v) is 7.68. The van der Waals surface area contributed by atoms with Gasteiger partial charge in [0.2, 0.25) is 10.0 Å². The van der Waals surface area contributed by atoms with Gasteiger partial charge >= 0.3 is 0 Å². The summed E-state index contributed by atoms with van der Waals surface area (Å²) in [6.45, 7) is 1.72. The molecule has 100 valence electrons. The molecule has 0 radical (unpaired) electrons. The molecule has 1 aromatic carbocycles. The summed E-state index contributed by atoms with van der Waals surface area (Å²) in [6.07, 6.45) is 0.330. The van der Waals surface area contributed by atoms with Crippen molar-refractivity contribution < 1.29 is 8.42 Å². The molecule has 0 saturated heterocycles. The third-order valence-electron chi connectivity index (χ3n) is 2.24. The van der Waals surface area contributed by atoms with Gasteiger partial charge in [-0.15, -0.1) is 0 Å². The van der Waals surface area contributed by atoms with Gasteiger partial charge in [0.15, 0.2) is 0 Å². The van der Waals surface area contributed by atoms with E-state index in [2.05, 4.69) is 36.6 Å². The zero-order chi connectivity index (χ0) is 13.9. The smallest absolute Gasteiger partial charge is 0.242 e. The average molecular weight is 416 g/mol. The maximum atomic E-state index is 12.1. The number of hydrogen-bond donors (Lipinski definition) is 2. The number of nitrogens with one attached hydrogen (secondary N) is 1. The van der Waals surface area contributed by atoms with Crippen LogP contribution in [-0.2, 0) is 10.0 Å². The molecule has 0 aliphatic rings. The maximum absolute atomic E-state index is 12.1. The third-order valence-corrected chi connectivity index (χ3v) is 5.70. The van der Waals surface area contributed by atoms with Crippen LogP contribution < -0.4 is 10.5 Å². The molecule has 0 spiro atoms.